The molecule has 0 spiro atoms. The SMILES string of the molecule is FC(F)(F)I.O=c1[nH]c(CCCl)c(C(F)(F)F)c(=O)[nH]1.O=c1cc(CCCl)[nH]c(=O)[nH]1. The third kappa shape index (κ3) is 13.3. The number of hydrogen-bond acceptors (Lipinski definition) is 4. The van der Waals surface area contributed by atoms with Crippen LogP contribution in [0.1, 0.15) is 17.0 Å². The van der Waals surface area contributed by atoms with Crippen molar-refractivity contribution in [3.8, 4) is 0 Å². The lowest BCUT2D eigenvalue weighted by Gasteiger charge is -2.09. The van der Waals surface area contributed by atoms with E-state index < -0.39 is 44.1 Å². The minimum absolute atomic E-state index is 0.123. The maximum Gasteiger partial charge on any atom is 0.441 e. The average molecular weight is 613 g/mol. The van der Waals surface area contributed by atoms with Crippen LogP contribution >= 0.6 is 45.8 Å². The molecule has 0 saturated heterocycles. The minimum Gasteiger partial charge on any atom is -0.311 e. The van der Waals surface area contributed by atoms with Crippen molar-refractivity contribution in [3.05, 3.63) is 64.7 Å². The van der Waals surface area contributed by atoms with Gasteiger partial charge in [-0.2, -0.15) is 26.3 Å². The Labute approximate surface area is 191 Å². The Bertz CT molecular complexity index is 1030. The molecule has 0 aliphatic heterocycles. The maximum atomic E-state index is 12.4. The van der Waals surface area contributed by atoms with Gasteiger partial charge >= 0.3 is 21.7 Å². The predicted molar refractivity (Wildman–Crippen MR) is 109 cm³/mol. The van der Waals surface area contributed by atoms with Crippen LogP contribution in [-0.2, 0) is 19.0 Å². The van der Waals surface area contributed by atoms with Crippen molar-refractivity contribution < 1.29 is 26.3 Å². The van der Waals surface area contributed by atoms with E-state index in [0.717, 1.165) is 0 Å². The van der Waals surface area contributed by atoms with Crippen molar-refractivity contribution in [1.29, 1.82) is 0 Å². The van der Waals surface area contributed by atoms with Crippen LogP contribution in [0.5, 0.6) is 0 Å². The standard InChI is InChI=1S/C7H6ClF3N2O2.C6H7ClN2O2.CF3I/c8-2-1-3-4(7(9,10)11)5(14)13-6(15)12-3;7-2-1-4-3-5(10)9-6(11)8-4;2-1(3,4)5/h1-2H2,(H2,12,13,14,15);3H,1-2H2,(H2,8,9,10,11);. The van der Waals surface area contributed by atoms with Gasteiger partial charge in [0.1, 0.15) is 5.56 Å². The molecule has 2 aromatic heterocycles. The van der Waals surface area contributed by atoms with Gasteiger partial charge in [-0.1, -0.05) is 0 Å². The molecular weight excluding hydrogens is 600 g/mol. The molecule has 0 aliphatic carbocycles. The summed E-state index contributed by atoms with van der Waals surface area (Å²) < 4.78 is 64.1. The van der Waals surface area contributed by atoms with Crippen LogP contribution in [0.25, 0.3) is 0 Å². The number of aromatic nitrogens is 4. The molecule has 31 heavy (non-hydrogen) atoms. The lowest BCUT2D eigenvalue weighted by molar-refractivity contribution is -0.139. The molecule has 2 rings (SSSR count). The fourth-order valence-electron chi connectivity index (χ4n) is 1.87. The summed E-state index contributed by atoms with van der Waals surface area (Å²) in [5.41, 5.74) is -4.64. The second-order valence-corrected chi connectivity index (χ2v) is 7.16. The van der Waals surface area contributed by atoms with Crippen molar-refractivity contribution in [2.24, 2.45) is 0 Å². The van der Waals surface area contributed by atoms with Crippen LogP contribution in [0, 0.1) is 0 Å². The highest BCUT2D eigenvalue weighted by molar-refractivity contribution is 14.1. The van der Waals surface area contributed by atoms with Crippen LogP contribution in [-0.4, -0.2) is 35.9 Å². The van der Waals surface area contributed by atoms with Gasteiger partial charge < -0.3 is 9.97 Å². The molecule has 0 unspecified atom stereocenters. The summed E-state index contributed by atoms with van der Waals surface area (Å²) in [6.07, 6.45) is -4.53. The molecule has 17 heteroatoms. The molecule has 0 bridgehead atoms. The number of H-pyrrole nitrogens is 4. The van der Waals surface area contributed by atoms with E-state index in [0.29, 0.717) is 40.6 Å². The smallest absolute Gasteiger partial charge is 0.311 e. The van der Waals surface area contributed by atoms with Gasteiger partial charge in [-0.3, -0.25) is 19.6 Å². The van der Waals surface area contributed by atoms with Crippen molar-refractivity contribution in [2.75, 3.05) is 11.8 Å². The zero-order chi connectivity index (χ0) is 24.4. The van der Waals surface area contributed by atoms with E-state index in [1.807, 2.05) is 4.98 Å². The Hall–Kier alpha value is -1.75. The molecule has 176 valence electrons. The molecule has 2 heterocycles. The van der Waals surface area contributed by atoms with E-state index in [9.17, 15) is 45.5 Å². The molecular formula is C14H13Cl2F6IN4O4. The van der Waals surface area contributed by atoms with Gasteiger partial charge in [0.25, 0.3) is 11.1 Å². The number of alkyl halides is 9. The first kappa shape index (κ1) is 29.2. The lowest BCUT2D eigenvalue weighted by atomic mass is 10.2. The highest BCUT2D eigenvalue weighted by Crippen LogP contribution is 2.28. The van der Waals surface area contributed by atoms with E-state index >= 15 is 0 Å². The second-order valence-electron chi connectivity index (χ2n) is 5.18. The first-order chi connectivity index (χ1) is 14.1. The molecule has 8 nitrogen and oxygen atoms in total. The largest absolute Gasteiger partial charge is 0.441 e. The Balaban J connectivity index is 0.000000492. The molecule has 0 fully saturated rings. The van der Waals surface area contributed by atoms with E-state index in [4.69, 9.17) is 23.2 Å². The van der Waals surface area contributed by atoms with Crippen LogP contribution in [0.4, 0.5) is 26.3 Å². The average Bonchev–Trinajstić information content (AvgIpc) is 2.51. The van der Waals surface area contributed by atoms with Crippen molar-refractivity contribution in [1.82, 2.24) is 19.9 Å². The number of aromatic amines is 4. The first-order valence-corrected chi connectivity index (χ1v) is 9.86. The van der Waals surface area contributed by atoms with Gasteiger partial charge in [0, 0.05) is 64.6 Å². The van der Waals surface area contributed by atoms with Gasteiger partial charge in [-0.15, -0.1) is 23.2 Å². The Morgan fingerprint density at radius 1 is 0.806 bits per heavy atom. The molecule has 0 amide bonds. The minimum atomic E-state index is -4.81. The molecule has 0 saturated carbocycles. The number of halogens is 9. The van der Waals surface area contributed by atoms with Gasteiger partial charge in [-0.05, 0) is 0 Å². The normalized spacial score (nSPS) is 11.1. The number of aryl methyl sites for hydroxylation is 2. The van der Waals surface area contributed by atoms with Gasteiger partial charge in [0.15, 0.2) is 0 Å². The van der Waals surface area contributed by atoms with Crippen molar-refractivity contribution in [3.63, 3.8) is 0 Å². The third-order valence-corrected chi connectivity index (χ3v) is 3.21. The zero-order valence-electron chi connectivity index (χ0n) is 14.9. The quantitative estimate of drug-likeness (QED) is 0.240. The highest BCUT2D eigenvalue weighted by atomic mass is 127. The van der Waals surface area contributed by atoms with Gasteiger partial charge in [0.05, 0.1) is 0 Å². The topological polar surface area (TPSA) is 131 Å². The predicted octanol–water partition coefficient (Wildman–Crippen LogP) is 2.65. The van der Waals surface area contributed by atoms with Crippen LogP contribution in [0.2, 0.25) is 0 Å². The van der Waals surface area contributed by atoms with Gasteiger partial charge in [-0.25, -0.2) is 9.59 Å². The highest BCUT2D eigenvalue weighted by Gasteiger charge is 2.37. The number of nitrogens with one attached hydrogen (secondary N) is 4. The zero-order valence-corrected chi connectivity index (χ0v) is 18.6. The maximum absolute atomic E-state index is 12.4. The van der Waals surface area contributed by atoms with E-state index in [2.05, 4.69) is 9.97 Å². The summed E-state index contributed by atoms with van der Waals surface area (Å²) in [6, 6.07) is 1.32. The third-order valence-electron chi connectivity index (χ3n) is 2.83. The summed E-state index contributed by atoms with van der Waals surface area (Å²) in [5.74, 6) is 0.266. The summed E-state index contributed by atoms with van der Waals surface area (Å²) in [4.78, 5) is 50.9. The summed E-state index contributed by atoms with van der Waals surface area (Å²) >= 11 is 11.0. The first-order valence-electron chi connectivity index (χ1n) is 7.71. The molecule has 2 aromatic rings. The van der Waals surface area contributed by atoms with Crippen molar-refractivity contribution >= 4 is 45.8 Å². The Morgan fingerprint density at radius 3 is 1.71 bits per heavy atom. The van der Waals surface area contributed by atoms with Gasteiger partial charge in [0.2, 0.25) is 0 Å². The monoisotopic (exact) mass is 612 g/mol. The Kier molecular flexibility index (Phi) is 12.2. The second kappa shape index (κ2) is 12.9. The molecule has 0 radical (unpaired) electrons. The fraction of sp³-hybridized carbons (Fsp3) is 0.429. The van der Waals surface area contributed by atoms with Crippen LogP contribution in [0.15, 0.2) is 25.2 Å². The number of rotatable bonds is 4. The summed E-state index contributed by atoms with van der Waals surface area (Å²) in [5, 5.41) is 0. The van der Waals surface area contributed by atoms with Crippen LogP contribution < -0.4 is 22.5 Å². The summed E-state index contributed by atoms with van der Waals surface area (Å²) in [7, 11) is 0. The Morgan fingerprint density at radius 2 is 1.29 bits per heavy atom. The fourth-order valence-corrected chi connectivity index (χ4v) is 2.26. The molecule has 0 aromatic carbocycles. The lowest BCUT2D eigenvalue weighted by Crippen LogP contribution is -2.32. The van der Waals surface area contributed by atoms with E-state index in [1.165, 1.54) is 11.1 Å². The van der Waals surface area contributed by atoms with Crippen LogP contribution in [0.3, 0.4) is 0 Å². The molecule has 4 N–H and O–H groups in total. The molecule has 0 aliphatic rings. The van der Waals surface area contributed by atoms with E-state index in [-0.39, 0.29) is 12.3 Å². The number of hydrogen-bond donors (Lipinski definition) is 4. The van der Waals surface area contributed by atoms with E-state index in [1.54, 1.807) is 0 Å². The van der Waals surface area contributed by atoms with Crippen molar-refractivity contribution in [2.45, 2.75) is 23.2 Å². The summed E-state index contributed by atoms with van der Waals surface area (Å²) in [6.45, 7) is 0. The molecule has 0 atom stereocenters.